The molecule has 1 N–H and O–H groups in total. The number of unbranched alkanes of at least 4 members (excludes halogenated alkanes) is 24. The smallest absolute Gasteiger partial charge is 0.324 e. The number of hydrogen-bond acceptors (Lipinski definition) is 7. The van der Waals surface area contributed by atoms with Crippen LogP contribution in [-0.4, -0.2) is 79.6 Å². The van der Waals surface area contributed by atoms with E-state index in [-0.39, 0.29) is 29.8 Å². The Labute approximate surface area is 434 Å². The fourth-order valence-corrected chi connectivity index (χ4v) is 10.5. The zero-order chi connectivity index (χ0) is 51.0. The standard InChI is InChI=1S/C61H117N3O6/c1-6-11-15-19-23-33-44-56(42-29-17-13-8-3)53-69-59(66)46-35-27-21-25-31-40-55(52-58(65)64(61(68)62-10-5)51-39-50-63-48-37-38-49-63)41-32-26-22-28-36-47-60(67)70-54-57(43-30-18-14-9-4)45-34-24-20-16-12-7-2/h55-57H,6-54H2,1-5H3,(H,62,68). The Morgan fingerprint density at radius 2 is 0.786 bits per heavy atom. The largest absolute Gasteiger partial charge is 0.465 e. The molecular weight excluding hydrogens is 871 g/mol. The number of nitrogens with one attached hydrogen (secondary N) is 1. The van der Waals surface area contributed by atoms with E-state index >= 15 is 0 Å². The summed E-state index contributed by atoms with van der Waals surface area (Å²) in [4.78, 5) is 56.6. The van der Waals surface area contributed by atoms with Gasteiger partial charge >= 0.3 is 18.0 Å². The number of nitrogens with zero attached hydrogens (tertiary/aromatic N) is 2. The number of esters is 2. The van der Waals surface area contributed by atoms with Crippen molar-refractivity contribution in [2.45, 2.75) is 304 Å². The van der Waals surface area contributed by atoms with E-state index in [1.54, 1.807) is 0 Å². The second-order valence-corrected chi connectivity index (χ2v) is 21.9. The van der Waals surface area contributed by atoms with Crippen LogP contribution in [0, 0.1) is 17.8 Å². The quantitative estimate of drug-likeness (QED) is 0.0478. The first kappa shape index (κ1) is 65.9. The molecule has 2 atom stereocenters. The molecule has 1 aliphatic rings. The number of rotatable bonds is 51. The fourth-order valence-electron chi connectivity index (χ4n) is 10.5. The summed E-state index contributed by atoms with van der Waals surface area (Å²) in [5.41, 5.74) is 0. The number of urea groups is 1. The molecule has 0 spiro atoms. The molecule has 9 heteroatoms. The third kappa shape index (κ3) is 39.4. The maximum atomic E-state index is 13.9. The molecule has 3 amide bonds. The first-order valence-electron chi connectivity index (χ1n) is 30.9. The molecule has 0 aromatic heterocycles. The van der Waals surface area contributed by atoms with Crippen molar-refractivity contribution in [1.82, 2.24) is 15.1 Å². The van der Waals surface area contributed by atoms with Crippen LogP contribution >= 0.6 is 0 Å². The van der Waals surface area contributed by atoms with Crippen LogP contribution in [-0.2, 0) is 23.9 Å². The van der Waals surface area contributed by atoms with E-state index in [4.69, 9.17) is 9.47 Å². The molecule has 0 aromatic rings. The first-order valence-corrected chi connectivity index (χ1v) is 30.9. The molecule has 0 bridgehead atoms. The lowest BCUT2D eigenvalue weighted by atomic mass is 9.91. The van der Waals surface area contributed by atoms with Gasteiger partial charge in [0.25, 0.3) is 0 Å². The third-order valence-electron chi connectivity index (χ3n) is 15.2. The number of imide groups is 1. The van der Waals surface area contributed by atoms with Crippen molar-refractivity contribution >= 4 is 23.9 Å². The summed E-state index contributed by atoms with van der Waals surface area (Å²) in [6.45, 7) is 16.3. The van der Waals surface area contributed by atoms with Crippen LogP contribution in [0.25, 0.3) is 0 Å². The van der Waals surface area contributed by atoms with Crippen molar-refractivity contribution in [3.8, 4) is 0 Å². The molecule has 0 saturated carbocycles. The van der Waals surface area contributed by atoms with Gasteiger partial charge in [0.2, 0.25) is 5.91 Å². The maximum Gasteiger partial charge on any atom is 0.324 e. The minimum Gasteiger partial charge on any atom is -0.465 e. The zero-order valence-corrected chi connectivity index (χ0v) is 47.2. The molecular formula is C61H117N3O6. The van der Waals surface area contributed by atoms with Crippen LogP contribution < -0.4 is 5.32 Å². The van der Waals surface area contributed by atoms with Crippen molar-refractivity contribution in [3.63, 3.8) is 0 Å². The van der Waals surface area contributed by atoms with Gasteiger partial charge in [0, 0.05) is 32.4 Å². The van der Waals surface area contributed by atoms with E-state index in [2.05, 4.69) is 37.9 Å². The Bertz CT molecular complexity index is 1150. The van der Waals surface area contributed by atoms with Gasteiger partial charge in [-0.15, -0.1) is 0 Å². The van der Waals surface area contributed by atoms with E-state index in [1.807, 2.05) is 6.92 Å². The van der Waals surface area contributed by atoms with Gasteiger partial charge in [-0.25, -0.2) is 4.79 Å². The summed E-state index contributed by atoms with van der Waals surface area (Å²) in [7, 11) is 0. The number of amides is 3. The van der Waals surface area contributed by atoms with Crippen LogP contribution in [0.5, 0.6) is 0 Å². The van der Waals surface area contributed by atoms with Gasteiger partial charge in [-0.3, -0.25) is 19.3 Å². The van der Waals surface area contributed by atoms with Crippen molar-refractivity contribution in [2.75, 3.05) is 45.9 Å². The SMILES string of the molecule is CCCCCCCCC(CCCCCC)COC(=O)CCCCCCCC(CCCCCCCC(=O)OCC(CCCCCC)CCCCCCCC)CC(=O)N(CCCN1CCCC1)C(=O)NCC. The number of likely N-dealkylation sites (tertiary alicyclic amines) is 1. The van der Waals surface area contributed by atoms with Crippen LogP contribution in [0.4, 0.5) is 4.79 Å². The summed E-state index contributed by atoms with van der Waals surface area (Å²) in [6, 6.07) is -0.259. The van der Waals surface area contributed by atoms with Crippen molar-refractivity contribution in [3.05, 3.63) is 0 Å². The summed E-state index contributed by atoms with van der Waals surface area (Å²) >= 11 is 0. The molecule has 70 heavy (non-hydrogen) atoms. The second kappa shape index (κ2) is 49.1. The Morgan fingerprint density at radius 3 is 1.17 bits per heavy atom. The molecule has 1 saturated heterocycles. The number of carbonyl (C=O) groups is 4. The van der Waals surface area contributed by atoms with Crippen molar-refractivity contribution < 1.29 is 28.7 Å². The van der Waals surface area contributed by atoms with Gasteiger partial charge in [0.15, 0.2) is 0 Å². The Kier molecular flexibility index (Phi) is 46.2. The van der Waals surface area contributed by atoms with E-state index in [9.17, 15) is 19.2 Å². The summed E-state index contributed by atoms with van der Waals surface area (Å²) < 4.78 is 11.7. The normalized spacial score (nSPS) is 14.1. The minimum atomic E-state index is -0.259. The predicted octanol–water partition coefficient (Wildman–Crippen LogP) is 17.3. The van der Waals surface area contributed by atoms with Crippen LogP contribution in [0.15, 0.2) is 0 Å². The van der Waals surface area contributed by atoms with Gasteiger partial charge < -0.3 is 19.7 Å². The topological polar surface area (TPSA) is 105 Å². The van der Waals surface area contributed by atoms with Crippen LogP contribution in [0.3, 0.4) is 0 Å². The number of ether oxygens (including phenoxy) is 2. The molecule has 1 fully saturated rings. The first-order chi connectivity index (χ1) is 34.3. The molecule has 0 aromatic carbocycles. The fraction of sp³-hybridized carbons (Fsp3) is 0.934. The minimum absolute atomic E-state index is 0.0344. The van der Waals surface area contributed by atoms with Gasteiger partial charge in [0.1, 0.15) is 0 Å². The van der Waals surface area contributed by atoms with E-state index in [0.717, 1.165) is 103 Å². The summed E-state index contributed by atoms with van der Waals surface area (Å²) in [6.07, 6.45) is 47.3. The highest BCUT2D eigenvalue weighted by Gasteiger charge is 2.25. The number of hydrogen-bond donors (Lipinski definition) is 1. The lowest BCUT2D eigenvalue weighted by Gasteiger charge is -2.25. The molecule has 1 aliphatic heterocycles. The second-order valence-electron chi connectivity index (χ2n) is 21.9. The molecule has 9 nitrogen and oxygen atoms in total. The van der Waals surface area contributed by atoms with Gasteiger partial charge in [0.05, 0.1) is 13.2 Å². The highest BCUT2D eigenvalue weighted by molar-refractivity contribution is 5.94. The maximum absolute atomic E-state index is 13.9. The molecule has 0 radical (unpaired) electrons. The van der Waals surface area contributed by atoms with Crippen molar-refractivity contribution in [1.29, 1.82) is 0 Å². The van der Waals surface area contributed by atoms with Crippen LogP contribution in [0.1, 0.15) is 304 Å². The molecule has 412 valence electrons. The molecule has 2 unspecified atom stereocenters. The predicted molar refractivity (Wildman–Crippen MR) is 296 cm³/mol. The van der Waals surface area contributed by atoms with Crippen LogP contribution in [0.2, 0.25) is 0 Å². The third-order valence-corrected chi connectivity index (χ3v) is 15.2. The van der Waals surface area contributed by atoms with Gasteiger partial charge in [-0.2, -0.15) is 0 Å². The number of carbonyl (C=O) groups excluding carboxylic acids is 4. The summed E-state index contributed by atoms with van der Waals surface area (Å²) in [5.74, 6) is 1.13. The van der Waals surface area contributed by atoms with E-state index in [0.29, 0.717) is 57.4 Å². The Hall–Kier alpha value is -2.16. The van der Waals surface area contributed by atoms with Gasteiger partial charge in [-0.1, -0.05) is 207 Å². The van der Waals surface area contributed by atoms with E-state index in [1.165, 1.54) is 172 Å². The zero-order valence-electron chi connectivity index (χ0n) is 47.2. The Morgan fingerprint density at radius 1 is 0.443 bits per heavy atom. The van der Waals surface area contributed by atoms with Crippen molar-refractivity contribution in [2.24, 2.45) is 17.8 Å². The highest BCUT2D eigenvalue weighted by atomic mass is 16.5. The average molecular weight is 989 g/mol. The van der Waals surface area contributed by atoms with E-state index < -0.39 is 0 Å². The lowest BCUT2D eigenvalue weighted by molar-refractivity contribution is -0.146. The highest BCUT2D eigenvalue weighted by Crippen LogP contribution is 2.25. The lowest BCUT2D eigenvalue weighted by Crippen LogP contribution is -2.45. The molecule has 0 aliphatic carbocycles. The van der Waals surface area contributed by atoms with Gasteiger partial charge in [-0.05, 0) is 115 Å². The summed E-state index contributed by atoms with van der Waals surface area (Å²) in [5, 5.41) is 2.91. The monoisotopic (exact) mass is 988 g/mol. The molecule has 1 heterocycles. The Balaban J connectivity index is 2.60. The average Bonchev–Trinajstić information content (AvgIpc) is 3.88. The molecule has 1 rings (SSSR count).